The quantitative estimate of drug-likeness (QED) is 0.714. The summed E-state index contributed by atoms with van der Waals surface area (Å²) >= 11 is 0. The molecule has 2 amide bonds. The molecule has 1 N–H and O–H groups in total. The van der Waals surface area contributed by atoms with Crippen LogP contribution in [0.4, 0.5) is 10.7 Å². The number of ether oxygens (including phenoxy) is 1. The van der Waals surface area contributed by atoms with Gasteiger partial charge in [0.15, 0.2) is 11.3 Å². The molecule has 4 rings (SSSR count). The van der Waals surface area contributed by atoms with E-state index in [0.717, 1.165) is 5.39 Å². The second-order valence-electron chi connectivity index (χ2n) is 6.95. The molecule has 1 saturated heterocycles. The summed E-state index contributed by atoms with van der Waals surface area (Å²) in [6.45, 7) is 7.07. The highest BCUT2D eigenvalue weighted by atomic mass is 16.5. The lowest BCUT2D eigenvalue weighted by Crippen LogP contribution is -2.52. The standard InChI is InChI=1S/C21H25N5O3/c1-3-28-17-7-4-6-16-14-18(29-19(16)17)15(2)24-21(27)26-12-10-25(11-13-26)20-22-8-5-9-23-20/h4-9,14-15H,3,10-13H2,1-2H3,(H,24,27). The van der Waals surface area contributed by atoms with E-state index in [1.54, 1.807) is 18.5 Å². The van der Waals surface area contributed by atoms with Crippen LogP contribution in [0.15, 0.2) is 47.1 Å². The molecule has 0 radical (unpaired) electrons. The van der Waals surface area contributed by atoms with E-state index in [1.165, 1.54) is 0 Å². The van der Waals surface area contributed by atoms with Crippen molar-refractivity contribution in [2.75, 3.05) is 37.7 Å². The Morgan fingerprint density at radius 2 is 1.97 bits per heavy atom. The molecule has 1 aromatic carbocycles. The number of aromatic nitrogens is 2. The molecular formula is C21H25N5O3. The van der Waals surface area contributed by atoms with Gasteiger partial charge in [0.05, 0.1) is 12.6 Å². The lowest BCUT2D eigenvalue weighted by molar-refractivity contribution is 0.189. The van der Waals surface area contributed by atoms with Gasteiger partial charge in [-0.25, -0.2) is 14.8 Å². The van der Waals surface area contributed by atoms with Crippen LogP contribution in [0.2, 0.25) is 0 Å². The summed E-state index contributed by atoms with van der Waals surface area (Å²) < 4.78 is 11.6. The molecule has 1 aliphatic rings. The Labute approximate surface area is 169 Å². The first-order chi connectivity index (χ1) is 14.2. The van der Waals surface area contributed by atoms with Gasteiger partial charge in [0, 0.05) is 44.0 Å². The Balaban J connectivity index is 1.37. The minimum Gasteiger partial charge on any atom is -0.490 e. The van der Waals surface area contributed by atoms with Gasteiger partial charge in [0.2, 0.25) is 5.95 Å². The van der Waals surface area contributed by atoms with Crippen molar-refractivity contribution in [3.05, 3.63) is 48.5 Å². The van der Waals surface area contributed by atoms with Crippen LogP contribution in [0.5, 0.6) is 5.75 Å². The highest BCUT2D eigenvalue weighted by Gasteiger charge is 2.24. The Morgan fingerprint density at radius 1 is 1.21 bits per heavy atom. The number of nitrogens with zero attached hydrogens (tertiary/aromatic N) is 4. The van der Waals surface area contributed by atoms with Crippen molar-refractivity contribution in [3.63, 3.8) is 0 Å². The SMILES string of the molecule is CCOc1cccc2cc(C(C)NC(=O)N3CCN(c4ncccn4)CC3)oc12. The molecule has 2 aromatic heterocycles. The van der Waals surface area contributed by atoms with E-state index in [-0.39, 0.29) is 12.1 Å². The van der Waals surface area contributed by atoms with Crippen LogP contribution in [-0.2, 0) is 0 Å². The summed E-state index contributed by atoms with van der Waals surface area (Å²) in [5, 5.41) is 4.00. The van der Waals surface area contributed by atoms with Crippen molar-refractivity contribution in [1.29, 1.82) is 0 Å². The number of amides is 2. The fraction of sp³-hybridized carbons (Fsp3) is 0.381. The Kier molecular flexibility index (Phi) is 5.50. The minimum atomic E-state index is -0.250. The second-order valence-corrected chi connectivity index (χ2v) is 6.95. The van der Waals surface area contributed by atoms with Gasteiger partial charge < -0.3 is 24.3 Å². The number of hydrogen-bond acceptors (Lipinski definition) is 6. The third kappa shape index (κ3) is 4.11. The number of fused-ring (bicyclic) bond motifs is 1. The molecule has 29 heavy (non-hydrogen) atoms. The summed E-state index contributed by atoms with van der Waals surface area (Å²) in [5.74, 6) is 2.12. The normalized spacial score (nSPS) is 15.4. The molecule has 3 heterocycles. The van der Waals surface area contributed by atoms with E-state index >= 15 is 0 Å². The molecule has 1 unspecified atom stereocenters. The predicted octanol–water partition coefficient (Wildman–Crippen LogP) is 3.21. The first-order valence-electron chi connectivity index (χ1n) is 9.88. The van der Waals surface area contributed by atoms with Crippen molar-refractivity contribution in [2.45, 2.75) is 19.9 Å². The fourth-order valence-electron chi connectivity index (χ4n) is 3.45. The molecule has 152 valence electrons. The summed E-state index contributed by atoms with van der Waals surface area (Å²) in [6.07, 6.45) is 3.46. The highest BCUT2D eigenvalue weighted by molar-refractivity contribution is 5.84. The van der Waals surface area contributed by atoms with E-state index in [1.807, 2.05) is 43.0 Å². The average molecular weight is 395 g/mol. The number of urea groups is 1. The third-order valence-electron chi connectivity index (χ3n) is 5.00. The molecule has 0 saturated carbocycles. The maximum absolute atomic E-state index is 12.7. The van der Waals surface area contributed by atoms with Crippen LogP contribution >= 0.6 is 0 Å². The molecular weight excluding hydrogens is 370 g/mol. The van der Waals surface area contributed by atoms with Crippen LogP contribution in [0.1, 0.15) is 25.6 Å². The van der Waals surface area contributed by atoms with Crippen molar-refractivity contribution in [1.82, 2.24) is 20.2 Å². The summed E-state index contributed by atoms with van der Waals surface area (Å²) in [6, 6.07) is 9.20. The number of carbonyl (C=O) groups excluding carboxylic acids is 1. The van der Waals surface area contributed by atoms with Crippen LogP contribution < -0.4 is 15.0 Å². The molecule has 3 aromatic rings. The van der Waals surface area contributed by atoms with E-state index in [0.29, 0.717) is 55.8 Å². The number of carbonyl (C=O) groups is 1. The number of furan rings is 1. The summed E-state index contributed by atoms with van der Waals surface area (Å²) in [5.41, 5.74) is 0.710. The summed E-state index contributed by atoms with van der Waals surface area (Å²) in [4.78, 5) is 25.2. The molecule has 0 bridgehead atoms. The number of rotatable bonds is 5. The number of piperazine rings is 1. The topological polar surface area (TPSA) is 83.7 Å². The van der Waals surface area contributed by atoms with Gasteiger partial charge in [-0.05, 0) is 32.0 Å². The molecule has 8 nitrogen and oxygen atoms in total. The van der Waals surface area contributed by atoms with Crippen LogP contribution in [0.25, 0.3) is 11.0 Å². The minimum absolute atomic E-state index is 0.100. The predicted molar refractivity (Wildman–Crippen MR) is 110 cm³/mol. The molecule has 0 aliphatic carbocycles. The lowest BCUT2D eigenvalue weighted by Gasteiger charge is -2.35. The Bertz CT molecular complexity index is 967. The van der Waals surface area contributed by atoms with Gasteiger partial charge in [-0.2, -0.15) is 0 Å². The maximum Gasteiger partial charge on any atom is 0.318 e. The maximum atomic E-state index is 12.7. The highest BCUT2D eigenvalue weighted by Crippen LogP contribution is 2.31. The Morgan fingerprint density at radius 3 is 2.69 bits per heavy atom. The van der Waals surface area contributed by atoms with Crippen LogP contribution in [0.3, 0.4) is 0 Å². The zero-order valence-electron chi connectivity index (χ0n) is 16.7. The van der Waals surface area contributed by atoms with E-state index < -0.39 is 0 Å². The lowest BCUT2D eigenvalue weighted by atomic mass is 10.2. The van der Waals surface area contributed by atoms with E-state index in [4.69, 9.17) is 9.15 Å². The van der Waals surface area contributed by atoms with Gasteiger partial charge in [-0.15, -0.1) is 0 Å². The molecule has 1 aliphatic heterocycles. The summed E-state index contributed by atoms with van der Waals surface area (Å²) in [7, 11) is 0. The number of para-hydroxylation sites is 1. The third-order valence-corrected chi connectivity index (χ3v) is 5.00. The van der Waals surface area contributed by atoms with E-state index in [9.17, 15) is 4.79 Å². The second kappa shape index (κ2) is 8.38. The van der Waals surface area contributed by atoms with Gasteiger partial charge in [0.25, 0.3) is 0 Å². The van der Waals surface area contributed by atoms with Gasteiger partial charge >= 0.3 is 6.03 Å². The molecule has 1 fully saturated rings. The van der Waals surface area contributed by atoms with Crippen molar-refractivity contribution < 1.29 is 13.9 Å². The van der Waals surface area contributed by atoms with Crippen LogP contribution in [0, 0.1) is 0 Å². The zero-order chi connectivity index (χ0) is 20.2. The number of anilines is 1. The number of hydrogen-bond donors (Lipinski definition) is 1. The first kappa shape index (κ1) is 19.0. The monoisotopic (exact) mass is 395 g/mol. The number of nitrogens with one attached hydrogen (secondary N) is 1. The van der Waals surface area contributed by atoms with Gasteiger partial charge in [0.1, 0.15) is 5.76 Å². The van der Waals surface area contributed by atoms with Crippen LogP contribution in [-0.4, -0.2) is 53.7 Å². The smallest absolute Gasteiger partial charge is 0.318 e. The largest absolute Gasteiger partial charge is 0.490 e. The van der Waals surface area contributed by atoms with Crippen molar-refractivity contribution in [3.8, 4) is 5.75 Å². The fourth-order valence-corrected chi connectivity index (χ4v) is 3.45. The zero-order valence-corrected chi connectivity index (χ0v) is 16.7. The molecule has 1 atom stereocenters. The van der Waals surface area contributed by atoms with E-state index in [2.05, 4.69) is 20.2 Å². The molecule has 8 heteroatoms. The van der Waals surface area contributed by atoms with Crippen molar-refractivity contribution in [2.24, 2.45) is 0 Å². The van der Waals surface area contributed by atoms with Crippen molar-refractivity contribution >= 4 is 22.9 Å². The van der Waals surface area contributed by atoms with Gasteiger partial charge in [-0.1, -0.05) is 12.1 Å². The Hall–Kier alpha value is -3.29. The first-order valence-corrected chi connectivity index (χ1v) is 9.88. The average Bonchev–Trinajstić information content (AvgIpc) is 3.20. The van der Waals surface area contributed by atoms with Gasteiger partial charge in [-0.3, -0.25) is 0 Å². The molecule has 0 spiro atoms. The number of benzene rings is 1.